The van der Waals surface area contributed by atoms with Crippen LogP contribution in [0.5, 0.6) is 0 Å². The first-order valence-electron chi connectivity index (χ1n) is 9.33. The quantitative estimate of drug-likeness (QED) is 0.847. The van der Waals surface area contributed by atoms with Crippen molar-refractivity contribution in [2.75, 3.05) is 0 Å². The number of nitrogens with two attached hydrogens (primary N) is 1. The van der Waals surface area contributed by atoms with E-state index >= 15 is 0 Å². The molecule has 1 amide bonds. The van der Waals surface area contributed by atoms with Crippen LogP contribution in [0.3, 0.4) is 0 Å². The molecule has 2 aliphatic rings. The first-order chi connectivity index (χ1) is 12.1. The first kappa shape index (κ1) is 19.2. The summed E-state index contributed by atoms with van der Waals surface area (Å²) < 4.78 is 39.0. The number of halogens is 3. The topological polar surface area (TPSA) is 55.1 Å². The van der Waals surface area contributed by atoms with E-state index in [1.165, 1.54) is 6.07 Å². The summed E-state index contributed by atoms with van der Waals surface area (Å²) in [7, 11) is 0. The third kappa shape index (κ3) is 3.75. The Hall–Kier alpha value is -1.56. The third-order valence-corrected chi connectivity index (χ3v) is 6.15. The van der Waals surface area contributed by atoms with Crippen LogP contribution in [-0.2, 0) is 16.4 Å². The number of fused-ring (bicyclic) bond motifs is 2. The number of rotatable bonds is 3. The van der Waals surface area contributed by atoms with E-state index in [1.54, 1.807) is 19.9 Å². The summed E-state index contributed by atoms with van der Waals surface area (Å²) in [4.78, 5) is 13.0. The fourth-order valence-electron chi connectivity index (χ4n) is 4.57. The van der Waals surface area contributed by atoms with E-state index in [9.17, 15) is 18.0 Å². The van der Waals surface area contributed by atoms with E-state index in [4.69, 9.17) is 5.73 Å². The Morgan fingerprint density at radius 1 is 1.12 bits per heavy atom. The predicted molar refractivity (Wildman–Crippen MR) is 94.4 cm³/mol. The second kappa shape index (κ2) is 6.87. The molecular formula is C20H27F3N2O. The Balaban J connectivity index is 1.78. The molecule has 6 heteroatoms. The third-order valence-electron chi connectivity index (χ3n) is 6.15. The lowest BCUT2D eigenvalue weighted by Gasteiger charge is -2.46. The van der Waals surface area contributed by atoms with Crippen molar-refractivity contribution in [3.05, 3.63) is 35.4 Å². The molecule has 2 bridgehead atoms. The summed E-state index contributed by atoms with van der Waals surface area (Å²) in [5.41, 5.74) is 4.75. The van der Waals surface area contributed by atoms with E-state index < -0.39 is 17.2 Å². The SMILES string of the molecule is CC(C)(C(=O)NC1C2CCCC1CC(N)C2)c1cccc(C(F)(F)F)c1. The van der Waals surface area contributed by atoms with Crippen molar-refractivity contribution >= 4 is 5.91 Å². The molecule has 0 heterocycles. The van der Waals surface area contributed by atoms with Gasteiger partial charge in [-0.05, 0) is 63.0 Å². The molecule has 2 fully saturated rings. The Bertz CT molecular complexity index is 657. The number of carbonyl (C=O) groups is 1. The van der Waals surface area contributed by atoms with Crippen LogP contribution >= 0.6 is 0 Å². The number of carbonyl (C=O) groups excluding carboxylic acids is 1. The zero-order valence-electron chi connectivity index (χ0n) is 15.3. The highest BCUT2D eigenvalue weighted by Gasteiger charge is 2.42. The van der Waals surface area contributed by atoms with Crippen LogP contribution < -0.4 is 11.1 Å². The molecule has 2 atom stereocenters. The summed E-state index contributed by atoms with van der Waals surface area (Å²) in [6.45, 7) is 3.37. The van der Waals surface area contributed by atoms with Gasteiger partial charge in [0.1, 0.15) is 0 Å². The summed E-state index contributed by atoms with van der Waals surface area (Å²) in [6, 6.07) is 5.34. The standard InChI is InChI=1S/C20H27F3N2O/c1-19(2,14-7-4-8-15(11-14)20(21,22)23)18(26)25-17-12-5-3-6-13(17)10-16(24)9-12/h4,7-8,11-13,16-17H,3,5-6,9-10,24H2,1-2H3,(H,25,26). The summed E-state index contributed by atoms with van der Waals surface area (Å²) >= 11 is 0. The van der Waals surface area contributed by atoms with E-state index in [0.29, 0.717) is 17.4 Å². The molecule has 1 aromatic rings. The molecule has 144 valence electrons. The minimum atomic E-state index is -4.42. The molecule has 0 aromatic heterocycles. The van der Waals surface area contributed by atoms with Crippen LogP contribution in [0.4, 0.5) is 13.2 Å². The van der Waals surface area contributed by atoms with E-state index in [-0.39, 0.29) is 18.0 Å². The largest absolute Gasteiger partial charge is 0.416 e. The molecule has 1 aromatic carbocycles. The van der Waals surface area contributed by atoms with Gasteiger partial charge in [-0.2, -0.15) is 13.2 Å². The van der Waals surface area contributed by atoms with Crippen molar-refractivity contribution in [2.24, 2.45) is 17.6 Å². The van der Waals surface area contributed by atoms with E-state index in [1.807, 2.05) is 0 Å². The van der Waals surface area contributed by atoms with Crippen molar-refractivity contribution in [1.29, 1.82) is 0 Å². The summed E-state index contributed by atoms with van der Waals surface area (Å²) in [5.74, 6) is 0.534. The number of nitrogens with one attached hydrogen (secondary N) is 1. The predicted octanol–water partition coefficient (Wildman–Crippen LogP) is 4.01. The van der Waals surface area contributed by atoms with E-state index in [2.05, 4.69) is 5.32 Å². The zero-order chi connectivity index (χ0) is 19.1. The fourth-order valence-corrected chi connectivity index (χ4v) is 4.57. The van der Waals surface area contributed by atoms with Crippen molar-refractivity contribution < 1.29 is 18.0 Å². The highest BCUT2D eigenvalue weighted by molar-refractivity contribution is 5.87. The molecule has 0 aliphatic heterocycles. The fraction of sp³-hybridized carbons (Fsp3) is 0.650. The van der Waals surface area contributed by atoms with Gasteiger partial charge in [-0.1, -0.05) is 24.6 Å². The van der Waals surface area contributed by atoms with Crippen molar-refractivity contribution in [2.45, 2.75) is 69.6 Å². The van der Waals surface area contributed by atoms with Gasteiger partial charge in [0.05, 0.1) is 11.0 Å². The average Bonchev–Trinajstić information content (AvgIpc) is 2.55. The lowest BCUT2D eigenvalue weighted by Crippen LogP contribution is -2.56. The number of hydrogen-bond donors (Lipinski definition) is 2. The van der Waals surface area contributed by atoms with Gasteiger partial charge in [-0.15, -0.1) is 0 Å². The van der Waals surface area contributed by atoms with Crippen LogP contribution in [0.15, 0.2) is 24.3 Å². The maximum Gasteiger partial charge on any atom is 0.416 e. The highest BCUT2D eigenvalue weighted by atomic mass is 19.4. The number of hydrogen-bond acceptors (Lipinski definition) is 2. The van der Waals surface area contributed by atoms with Gasteiger partial charge in [-0.25, -0.2) is 0 Å². The number of alkyl halides is 3. The molecular weight excluding hydrogens is 341 g/mol. The van der Waals surface area contributed by atoms with Gasteiger partial charge in [-0.3, -0.25) is 4.79 Å². The van der Waals surface area contributed by atoms with Crippen molar-refractivity contribution in [3.8, 4) is 0 Å². The van der Waals surface area contributed by atoms with E-state index in [0.717, 1.165) is 44.2 Å². The van der Waals surface area contributed by atoms with Gasteiger partial charge >= 0.3 is 6.18 Å². The summed E-state index contributed by atoms with van der Waals surface area (Å²) in [5, 5.41) is 3.16. The molecule has 2 saturated carbocycles. The van der Waals surface area contributed by atoms with Gasteiger partial charge in [0.25, 0.3) is 0 Å². The first-order valence-corrected chi connectivity index (χ1v) is 9.33. The monoisotopic (exact) mass is 368 g/mol. The number of amides is 1. The lowest BCUT2D eigenvalue weighted by atomic mass is 9.66. The van der Waals surface area contributed by atoms with Crippen molar-refractivity contribution in [3.63, 3.8) is 0 Å². The van der Waals surface area contributed by atoms with Gasteiger partial charge in [0.2, 0.25) is 5.91 Å². The molecule has 3 N–H and O–H groups in total. The Kier molecular flexibility index (Phi) is 5.08. The molecule has 3 rings (SSSR count). The summed E-state index contributed by atoms with van der Waals surface area (Å²) in [6.07, 6.45) is 0.666. The maximum atomic E-state index is 13.0. The van der Waals surface area contributed by atoms with Crippen LogP contribution in [-0.4, -0.2) is 18.0 Å². The average molecular weight is 368 g/mol. The van der Waals surface area contributed by atoms with Gasteiger partial charge in [0, 0.05) is 12.1 Å². The molecule has 3 nitrogen and oxygen atoms in total. The molecule has 2 unspecified atom stereocenters. The van der Waals surface area contributed by atoms with Crippen LogP contribution in [0.25, 0.3) is 0 Å². The second-order valence-electron chi connectivity index (χ2n) is 8.39. The Morgan fingerprint density at radius 3 is 2.27 bits per heavy atom. The molecule has 0 radical (unpaired) electrons. The maximum absolute atomic E-state index is 13.0. The minimum absolute atomic E-state index is 0.0844. The van der Waals surface area contributed by atoms with Crippen molar-refractivity contribution in [1.82, 2.24) is 5.32 Å². The number of benzene rings is 1. The molecule has 0 spiro atoms. The highest BCUT2D eigenvalue weighted by Crippen LogP contribution is 2.40. The zero-order valence-corrected chi connectivity index (χ0v) is 15.3. The van der Waals surface area contributed by atoms with Gasteiger partial charge < -0.3 is 11.1 Å². The molecule has 2 aliphatic carbocycles. The Morgan fingerprint density at radius 2 is 1.69 bits per heavy atom. The van der Waals surface area contributed by atoms with Crippen LogP contribution in [0, 0.1) is 11.8 Å². The van der Waals surface area contributed by atoms with Gasteiger partial charge in [0.15, 0.2) is 0 Å². The molecule has 26 heavy (non-hydrogen) atoms. The lowest BCUT2D eigenvalue weighted by molar-refractivity contribution is -0.138. The minimum Gasteiger partial charge on any atom is -0.352 e. The molecule has 0 saturated heterocycles. The smallest absolute Gasteiger partial charge is 0.352 e. The van der Waals surface area contributed by atoms with Crippen LogP contribution in [0.1, 0.15) is 57.1 Å². The second-order valence-corrected chi connectivity index (χ2v) is 8.39. The Labute approximate surface area is 152 Å². The van der Waals surface area contributed by atoms with Crippen LogP contribution in [0.2, 0.25) is 0 Å². The normalized spacial score (nSPS) is 29.3.